The first-order chi connectivity index (χ1) is 16.6. The van der Waals surface area contributed by atoms with Gasteiger partial charge in [-0.15, -0.1) is 0 Å². The van der Waals surface area contributed by atoms with Gasteiger partial charge in [-0.3, -0.25) is 9.59 Å². The average molecular weight is 456 g/mol. The van der Waals surface area contributed by atoms with Gasteiger partial charge in [-0.25, -0.2) is 0 Å². The Bertz CT molecular complexity index is 1050. The van der Waals surface area contributed by atoms with E-state index in [0.29, 0.717) is 12.1 Å². The lowest BCUT2D eigenvalue weighted by molar-refractivity contribution is -0.119. The van der Waals surface area contributed by atoms with E-state index in [1.807, 2.05) is 42.2 Å². The van der Waals surface area contributed by atoms with Crippen LogP contribution in [0.3, 0.4) is 0 Å². The molecule has 176 valence electrons. The molecule has 0 saturated carbocycles. The molecule has 3 aromatic rings. The van der Waals surface area contributed by atoms with Crippen LogP contribution in [0.25, 0.3) is 0 Å². The molecule has 1 saturated heterocycles. The van der Waals surface area contributed by atoms with Crippen LogP contribution in [0.5, 0.6) is 0 Å². The van der Waals surface area contributed by atoms with Crippen LogP contribution in [0.1, 0.15) is 52.2 Å². The maximum atomic E-state index is 12.6. The van der Waals surface area contributed by atoms with Gasteiger partial charge in [0.1, 0.15) is 0 Å². The molecule has 4 rings (SSSR count). The molecule has 0 bridgehead atoms. The molecule has 0 radical (unpaired) electrons. The molecule has 2 N–H and O–H groups in total. The van der Waals surface area contributed by atoms with Crippen molar-refractivity contribution in [1.82, 2.24) is 10.2 Å². The van der Waals surface area contributed by atoms with Gasteiger partial charge in [0, 0.05) is 36.8 Å². The monoisotopic (exact) mass is 455 g/mol. The van der Waals surface area contributed by atoms with Crippen LogP contribution < -0.4 is 10.6 Å². The highest BCUT2D eigenvalue weighted by Gasteiger charge is 2.20. The maximum Gasteiger partial charge on any atom is 0.253 e. The molecule has 3 aromatic carbocycles. The van der Waals surface area contributed by atoms with E-state index in [2.05, 4.69) is 59.2 Å². The quantitative estimate of drug-likeness (QED) is 0.478. The molecule has 5 nitrogen and oxygen atoms in total. The van der Waals surface area contributed by atoms with Gasteiger partial charge in [0.05, 0.1) is 6.54 Å². The standard InChI is InChI=1S/C29H33N3O2/c1-22-20-25(29(34)32-18-8-9-19-32)14-15-27(22)31-21-28(33)30-17-16-26(23-10-4-2-5-11-23)24-12-6-3-7-13-24/h2-7,10-15,20,26,31H,8-9,16-19,21H2,1H3,(H,30,33). The molecule has 0 aliphatic carbocycles. The molecule has 1 aliphatic heterocycles. The van der Waals surface area contributed by atoms with Crippen molar-refractivity contribution in [2.75, 3.05) is 31.5 Å². The van der Waals surface area contributed by atoms with Crippen molar-refractivity contribution in [3.05, 3.63) is 101 Å². The molecular formula is C29H33N3O2. The molecule has 1 heterocycles. The van der Waals surface area contributed by atoms with Crippen LogP contribution in [-0.2, 0) is 4.79 Å². The van der Waals surface area contributed by atoms with Gasteiger partial charge >= 0.3 is 0 Å². The van der Waals surface area contributed by atoms with Crippen LogP contribution in [0.15, 0.2) is 78.9 Å². The normalized spacial score (nSPS) is 13.2. The zero-order valence-electron chi connectivity index (χ0n) is 19.8. The Morgan fingerprint density at radius 3 is 2.09 bits per heavy atom. The summed E-state index contributed by atoms with van der Waals surface area (Å²) in [7, 11) is 0. The fraction of sp³-hybridized carbons (Fsp3) is 0.310. The summed E-state index contributed by atoms with van der Waals surface area (Å²) in [6, 6.07) is 26.5. The van der Waals surface area contributed by atoms with E-state index in [-0.39, 0.29) is 24.3 Å². The Labute approximate surface area is 202 Å². The molecule has 1 aliphatic rings. The topological polar surface area (TPSA) is 61.4 Å². The summed E-state index contributed by atoms with van der Waals surface area (Å²) < 4.78 is 0. The third kappa shape index (κ3) is 6.04. The predicted octanol–water partition coefficient (Wildman–Crippen LogP) is 4.98. The number of nitrogens with one attached hydrogen (secondary N) is 2. The summed E-state index contributed by atoms with van der Waals surface area (Å²) in [6.07, 6.45) is 2.99. The zero-order chi connectivity index (χ0) is 23.8. The highest BCUT2D eigenvalue weighted by Crippen LogP contribution is 2.27. The average Bonchev–Trinajstić information content (AvgIpc) is 3.41. The number of hydrogen-bond acceptors (Lipinski definition) is 3. The number of likely N-dealkylation sites (tertiary alicyclic amines) is 1. The summed E-state index contributed by atoms with van der Waals surface area (Å²) in [5.41, 5.74) is 5.05. The molecule has 1 fully saturated rings. The Morgan fingerprint density at radius 2 is 1.50 bits per heavy atom. The van der Waals surface area contributed by atoms with Crippen molar-refractivity contribution < 1.29 is 9.59 Å². The van der Waals surface area contributed by atoms with Crippen LogP contribution >= 0.6 is 0 Å². The third-order valence-corrected chi connectivity index (χ3v) is 6.47. The maximum absolute atomic E-state index is 12.6. The number of hydrogen-bond donors (Lipinski definition) is 2. The number of anilines is 1. The largest absolute Gasteiger partial charge is 0.376 e. The number of amides is 2. The summed E-state index contributed by atoms with van der Waals surface area (Å²) in [6.45, 7) is 4.44. The van der Waals surface area contributed by atoms with Gasteiger partial charge in [0.15, 0.2) is 0 Å². The summed E-state index contributed by atoms with van der Waals surface area (Å²) in [5, 5.41) is 6.26. The molecular weight excluding hydrogens is 422 g/mol. The second kappa shape index (κ2) is 11.5. The minimum Gasteiger partial charge on any atom is -0.376 e. The lowest BCUT2D eigenvalue weighted by Crippen LogP contribution is -2.31. The lowest BCUT2D eigenvalue weighted by Gasteiger charge is -2.19. The fourth-order valence-corrected chi connectivity index (χ4v) is 4.59. The second-order valence-electron chi connectivity index (χ2n) is 8.90. The SMILES string of the molecule is Cc1cc(C(=O)N2CCCC2)ccc1NCC(=O)NCCC(c1ccccc1)c1ccccc1. The van der Waals surface area contributed by atoms with Crippen molar-refractivity contribution in [2.45, 2.75) is 32.1 Å². The van der Waals surface area contributed by atoms with Gasteiger partial charge in [0.2, 0.25) is 5.91 Å². The molecule has 0 aromatic heterocycles. The smallest absolute Gasteiger partial charge is 0.253 e. The van der Waals surface area contributed by atoms with E-state index < -0.39 is 0 Å². The minimum atomic E-state index is -0.0449. The van der Waals surface area contributed by atoms with E-state index in [0.717, 1.165) is 43.6 Å². The summed E-state index contributed by atoms with van der Waals surface area (Å²) in [4.78, 5) is 27.0. The van der Waals surface area contributed by atoms with Crippen LogP contribution in [0, 0.1) is 6.92 Å². The van der Waals surface area contributed by atoms with E-state index in [1.165, 1.54) is 11.1 Å². The van der Waals surface area contributed by atoms with Crippen molar-refractivity contribution in [1.29, 1.82) is 0 Å². The van der Waals surface area contributed by atoms with Gasteiger partial charge < -0.3 is 15.5 Å². The molecule has 34 heavy (non-hydrogen) atoms. The van der Waals surface area contributed by atoms with E-state index >= 15 is 0 Å². The zero-order valence-corrected chi connectivity index (χ0v) is 19.8. The van der Waals surface area contributed by atoms with E-state index in [1.54, 1.807) is 0 Å². The Balaban J connectivity index is 1.28. The molecule has 0 spiro atoms. The fourth-order valence-electron chi connectivity index (χ4n) is 4.59. The van der Waals surface area contributed by atoms with E-state index in [4.69, 9.17) is 0 Å². The van der Waals surface area contributed by atoms with Crippen LogP contribution in [-0.4, -0.2) is 42.9 Å². The van der Waals surface area contributed by atoms with Gasteiger partial charge in [-0.05, 0) is 61.1 Å². The van der Waals surface area contributed by atoms with E-state index in [9.17, 15) is 9.59 Å². The first-order valence-corrected chi connectivity index (χ1v) is 12.1. The van der Waals surface area contributed by atoms with Gasteiger partial charge in [0.25, 0.3) is 5.91 Å². The first-order valence-electron chi connectivity index (χ1n) is 12.1. The molecule has 0 unspecified atom stereocenters. The highest BCUT2D eigenvalue weighted by molar-refractivity contribution is 5.95. The number of carbonyl (C=O) groups excluding carboxylic acids is 2. The minimum absolute atomic E-state index is 0.0449. The van der Waals surface area contributed by atoms with Crippen LogP contribution in [0.2, 0.25) is 0 Å². The number of aryl methyl sites for hydroxylation is 1. The summed E-state index contributed by atoms with van der Waals surface area (Å²) in [5.74, 6) is 0.284. The third-order valence-electron chi connectivity index (χ3n) is 6.47. The predicted molar refractivity (Wildman–Crippen MR) is 137 cm³/mol. The summed E-state index contributed by atoms with van der Waals surface area (Å²) >= 11 is 0. The van der Waals surface area contributed by atoms with Crippen LogP contribution in [0.4, 0.5) is 5.69 Å². The van der Waals surface area contributed by atoms with Crippen molar-refractivity contribution in [3.8, 4) is 0 Å². The molecule has 5 heteroatoms. The number of carbonyl (C=O) groups is 2. The Morgan fingerprint density at radius 1 is 0.882 bits per heavy atom. The lowest BCUT2D eigenvalue weighted by atomic mass is 9.88. The van der Waals surface area contributed by atoms with Gasteiger partial charge in [-0.2, -0.15) is 0 Å². The number of nitrogens with zero attached hydrogens (tertiary/aromatic N) is 1. The first kappa shape index (κ1) is 23.6. The Hall–Kier alpha value is -3.60. The van der Waals surface area contributed by atoms with Gasteiger partial charge in [-0.1, -0.05) is 60.7 Å². The highest BCUT2D eigenvalue weighted by atomic mass is 16.2. The van der Waals surface area contributed by atoms with Crippen molar-refractivity contribution in [3.63, 3.8) is 0 Å². The Kier molecular flexibility index (Phi) is 7.97. The number of benzene rings is 3. The molecule has 2 amide bonds. The second-order valence-corrected chi connectivity index (χ2v) is 8.90. The number of rotatable bonds is 9. The van der Waals surface area contributed by atoms with Crippen molar-refractivity contribution in [2.24, 2.45) is 0 Å². The van der Waals surface area contributed by atoms with Crippen molar-refractivity contribution >= 4 is 17.5 Å². The molecule has 0 atom stereocenters.